The number of aliphatic imine (C=N–C) groups is 1. The minimum Gasteiger partial charge on any atom is -0.270 e. The van der Waals surface area contributed by atoms with Gasteiger partial charge in [0.25, 0.3) is 0 Å². The molecular weight excluding hydrogens is 188 g/mol. The molecule has 0 aromatic carbocycles. The molecule has 0 amide bonds. The topological polar surface area (TPSA) is 49.6 Å². The molecule has 0 saturated heterocycles. The van der Waals surface area contributed by atoms with Gasteiger partial charge in [0.15, 0.2) is 0 Å². The third kappa shape index (κ3) is 4.90. The Hall–Kier alpha value is -1.71. The van der Waals surface area contributed by atoms with Crippen LogP contribution in [0.4, 0.5) is 0 Å². The molecule has 0 aliphatic rings. The summed E-state index contributed by atoms with van der Waals surface area (Å²) in [5.74, 6) is 0.714. The molecule has 1 heterocycles. The van der Waals surface area contributed by atoms with Gasteiger partial charge in [-0.05, 0) is 19.1 Å². The fourth-order valence-corrected chi connectivity index (χ4v) is 0.872. The standard InChI is InChI=1S/C9H12N4.C2H6/c1-3-12-13-9(10-2)8-5-4-6-11-7-8;1-2/h3-7H,1-2H3,(H,10,13);1-2H3/b12-3+;. The van der Waals surface area contributed by atoms with E-state index in [-0.39, 0.29) is 0 Å². The predicted octanol–water partition coefficient (Wildman–Crippen LogP) is 2.08. The molecule has 1 aromatic rings. The van der Waals surface area contributed by atoms with Crippen molar-refractivity contribution in [3.05, 3.63) is 30.1 Å². The van der Waals surface area contributed by atoms with Crippen molar-refractivity contribution >= 4 is 12.1 Å². The highest BCUT2D eigenvalue weighted by molar-refractivity contribution is 5.98. The second kappa shape index (κ2) is 8.87. The number of nitrogens with one attached hydrogen (secondary N) is 1. The van der Waals surface area contributed by atoms with Crippen LogP contribution in [0.3, 0.4) is 0 Å². The number of pyridine rings is 1. The average Bonchev–Trinajstić information content (AvgIpc) is 2.34. The molecule has 0 unspecified atom stereocenters. The molecule has 4 nitrogen and oxygen atoms in total. The third-order valence-electron chi connectivity index (χ3n) is 1.46. The van der Waals surface area contributed by atoms with Crippen molar-refractivity contribution in [3.63, 3.8) is 0 Å². The quantitative estimate of drug-likeness (QED) is 0.457. The predicted molar refractivity (Wildman–Crippen MR) is 65.3 cm³/mol. The zero-order chi connectivity index (χ0) is 11.5. The highest BCUT2D eigenvalue weighted by Crippen LogP contribution is 1.95. The summed E-state index contributed by atoms with van der Waals surface area (Å²) in [6.45, 7) is 5.84. The number of hydrogen-bond donors (Lipinski definition) is 1. The van der Waals surface area contributed by atoms with Gasteiger partial charge in [0.1, 0.15) is 5.84 Å². The lowest BCUT2D eigenvalue weighted by molar-refractivity contribution is 1.02. The summed E-state index contributed by atoms with van der Waals surface area (Å²) < 4.78 is 0. The zero-order valence-corrected chi connectivity index (χ0v) is 9.73. The number of nitrogens with zero attached hydrogens (tertiary/aromatic N) is 3. The Balaban J connectivity index is 0.000000921. The molecule has 1 aromatic heterocycles. The van der Waals surface area contributed by atoms with Crippen molar-refractivity contribution < 1.29 is 0 Å². The van der Waals surface area contributed by atoms with E-state index in [1.807, 2.05) is 32.9 Å². The number of aromatic nitrogens is 1. The summed E-state index contributed by atoms with van der Waals surface area (Å²) in [7, 11) is 1.71. The summed E-state index contributed by atoms with van der Waals surface area (Å²) in [4.78, 5) is 8.04. The lowest BCUT2D eigenvalue weighted by Gasteiger charge is -2.02. The molecule has 0 saturated carbocycles. The Kier molecular flexibility index (Phi) is 7.86. The molecule has 4 heteroatoms. The van der Waals surface area contributed by atoms with Crippen LogP contribution in [0.15, 0.2) is 34.6 Å². The monoisotopic (exact) mass is 206 g/mol. The van der Waals surface area contributed by atoms with E-state index < -0.39 is 0 Å². The van der Waals surface area contributed by atoms with Gasteiger partial charge in [-0.25, -0.2) is 0 Å². The maximum Gasteiger partial charge on any atom is 0.150 e. The highest BCUT2D eigenvalue weighted by Gasteiger charge is 1.98. The molecule has 0 aliphatic heterocycles. The van der Waals surface area contributed by atoms with Crippen molar-refractivity contribution in [1.29, 1.82) is 0 Å². The summed E-state index contributed by atoms with van der Waals surface area (Å²) >= 11 is 0. The van der Waals surface area contributed by atoms with E-state index >= 15 is 0 Å². The van der Waals surface area contributed by atoms with Gasteiger partial charge in [0.05, 0.1) is 0 Å². The Morgan fingerprint density at radius 2 is 2.20 bits per heavy atom. The van der Waals surface area contributed by atoms with E-state index in [2.05, 4.69) is 20.5 Å². The van der Waals surface area contributed by atoms with Crippen molar-refractivity contribution in [2.24, 2.45) is 10.1 Å². The average molecular weight is 206 g/mol. The normalized spacial score (nSPS) is 10.8. The van der Waals surface area contributed by atoms with Crippen LogP contribution in [0, 0.1) is 0 Å². The first kappa shape index (κ1) is 13.3. The van der Waals surface area contributed by atoms with Crippen molar-refractivity contribution in [2.45, 2.75) is 20.8 Å². The molecule has 82 valence electrons. The van der Waals surface area contributed by atoms with Crippen LogP contribution in [-0.2, 0) is 0 Å². The molecule has 0 fully saturated rings. The maximum atomic E-state index is 4.05. The molecule has 0 atom stereocenters. The van der Waals surface area contributed by atoms with E-state index in [1.165, 1.54) is 0 Å². The van der Waals surface area contributed by atoms with Gasteiger partial charge in [-0.15, -0.1) is 0 Å². The van der Waals surface area contributed by atoms with E-state index in [1.54, 1.807) is 25.7 Å². The van der Waals surface area contributed by atoms with Crippen LogP contribution in [0.5, 0.6) is 0 Å². The van der Waals surface area contributed by atoms with Gasteiger partial charge >= 0.3 is 0 Å². The number of amidine groups is 1. The number of hydrazone groups is 1. The van der Waals surface area contributed by atoms with Crippen LogP contribution >= 0.6 is 0 Å². The Labute approximate surface area is 91.2 Å². The summed E-state index contributed by atoms with van der Waals surface area (Å²) in [5.41, 5.74) is 3.74. The van der Waals surface area contributed by atoms with Crippen LogP contribution in [-0.4, -0.2) is 24.1 Å². The molecule has 0 radical (unpaired) electrons. The summed E-state index contributed by atoms with van der Waals surface area (Å²) in [6.07, 6.45) is 5.13. The first-order chi connectivity index (χ1) is 7.38. The molecule has 1 rings (SSSR count). The Morgan fingerprint density at radius 1 is 1.47 bits per heavy atom. The first-order valence-corrected chi connectivity index (χ1v) is 4.99. The smallest absolute Gasteiger partial charge is 0.150 e. The van der Waals surface area contributed by atoms with E-state index in [0.717, 1.165) is 5.56 Å². The van der Waals surface area contributed by atoms with Crippen molar-refractivity contribution in [1.82, 2.24) is 10.4 Å². The number of rotatable bonds is 2. The largest absolute Gasteiger partial charge is 0.270 e. The van der Waals surface area contributed by atoms with E-state index in [9.17, 15) is 0 Å². The van der Waals surface area contributed by atoms with Crippen LogP contribution < -0.4 is 5.43 Å². The second-order valence-corrected chi connectivity index (χ2v) is 2.31. The lowest BCUT2D eigenvalue weighted by atomic mass is 10.3. The minimum atomic E-state index is 0.714. The summed E-state index contributed by atoms with van der Waals surface area (Å²) in [5, 5.41) is 3.89. The highest BCUT2D eigenvalue weighted by atomic mass is 15.3. The molecule has 0 aliphatic carbocycles. The van der Waals surface area contributed by atoms with Crippen LogP contribution in [0.1, 0.15) is 26.3 Å². The Bertz CT molecular complexity index is 304. The third-order valence-corrected chi connectivity index (χ3v) is 1.46. The number of hydrogen-bond acceptors (Lipinski definition) is 3. The van der Waals surface area contributed by atoms with Crippen molar-refractivity contribution in [2.75, 3.05) is 7.05 Å². The second-order valence-electron chi connectivity index (χ2n) is 2.31. The zero-order valence-electron chi connectivity index (χ0n) is 9.73. The Morgan fingerprint density at radius 3 is 2.67 bits per heavy atom. The fraction of sp³-hybridized carbons (Fsp3) is 0.364. The van der Waals surface area contributed by atoms with Crippen LogP contribution in [0.2, 0.25) is 0 Å². The SMILES string of the molecule is C/C=N/NC(=NC)c1cccnc1.CC. The van der Waals surface area contributed by atoms with Crippen LogP contribution in [0.25, 0.3) is 0 Å². The van der Waals surface area contributed by atoms with E-state index in [0.29, 0.717) is 5.84 Å². The summed E-state index contributed by atoms with van der Waals surface area (Å²) in [6, 6.07) is 3.78. The van der Waals surface area contributed by atoms with Gasteiger partial charge in [0.2, 0.25) is 0 Å². The van der Waals surface area contributed by atoms with Gasteiger partial charge in [-0.1, -0.05) is 13.8 Å². The fourth-order valence-electron chi connectivity index (χ4n) is 0.872. The van der Waals surface area contributed by atoms with E-state index in [4.69, 9.17) is 0 Å². The lowest BCUT2D eigenvalue weighted by Crippen LogP contribution is -2.18. The van der Waals surface area contributed by atoms with Crippen molar-refractivity contribution in [3.8, 4) is 0 Å². The first-order valence-electron chi connectivity index (χ1n) is 4.99. The van der Waals surface area contributed by atoms with Gasteiger partial charge in [-0.3, -0.25) is 15.4 Å². The van der Waals surface area contributed by atoms with Gasteiger partial charge in [-0.2, -0.15) is 5.10 Å². The van der Waals surface area contributed by atoms with Gasteiger partial charge in [0, 0.05) is 31.2 Å². The van der Waals surface area contributed by atoms with Gasteiger partial charge < -0.3 is 0 Å². The minimum absolute atomic E-state index is 0.714. The maximum absolute atomic E-state index is 4.05. The molecule has 1 N–H and O–H groups in total. The molecule has 15 heavy (non-hydrogen) atoms. The molecular formula is C11H18N4. The molecule has 0 spiro atoms. The molecule has 0 bridgehead atoms.